The van der Waals surface area contributed by atoms with Gasteiger partial charge in [0.25, 0.3) is 5.91 Å². The summed E-state index contributed by atoms with van der Waals surface area (Å²) in [4.78, 5) is 26.9. The van der Waals surface area contributed by atoms with Crippen LogP contribution in [0.5, 0.6) is 5.75 Å². The van der Waals surface area contributed by atoms with E-state index in [1.807, 2.05) is 17.5 Å². The lowest BCUT2D eigenvalue weighted by atomic mass is 10.1. The Balaban J connectivity index is 2.02. The molecule has 134 valence electrons. The highest BCUT2D eigenvalue weighted by molar-refractivity contribution is 7.09. The Bertz CT molecular complexity index is 708. The summed E-state index contributed by atoms with van der Waals surface area (Å²) < 4.78 is 29.3. The van der Waals surface area contributed by atoms with E-state index in [2.05, 4.69) is 10.1 Å². The van der Waals surface area contributed by atoms with Gasteiger partial charge in [-0.3, -0.25) is 9.59 Å². The Hall–Kier alpha value is -2.48. The van der Waals surface area contributed by atoms with Crippen molar-refractivity contribution in [2.75, 3.05) is 13.1 Å². The summed E-state index contributed by atoms with van der Waals surface area (Å²) >= 11 is 1.52. The van der Waals surface area contributed by atoms with Crippen LogP contribution in [0.15, 0.2) is 41.8 Å². The second-order valence-corrected chi connectivity index (χ2v) is 6.08. The van der Waals surface area contributed by atoms with Crippen LogP contribution in [0, 0.1) is 0 Å². The lowest BCUT2D eigenvalue weighted by Crippen LogP contribution is -2.40. The van der Waals surface area contributed by atoms with Crippen LogP contribution in [0.3, 0.4) is 0 Å². The monoisotopic (exact) mass is 368 g/mol. The number of alkyl halides is 2. The number of rotatable bonds is 8. The Kier molecular flexibility index (Phi) is 6.88. The summed E-state index contributed by atoms with van der Waals surface area (Å²) in [5.41, 5.74) is -0.00398. The molecule has 25 heavy (non-hydrogen) atoms. The number of thiophene rings is 1. The molecule has 0 unspecified atom stereocenters. The van der Waals surface area contributed by atoms with E-state index < -0.39 is 12.5 Å². The van der Waals surface area contributed by atoms with Crippen molar-refractivity contribution >= 4 is 23.2 Å². The van der Waals surface area contributed by atoms with E-state index in [4.69, 9.17) is 0 Å². The molecule has 1 aromatic heterocycles. The van der Waals surface area contributed by atoms with Gasteiger partial charge in [0.1, 0.15) is 5.75 Å². The Morgan fingerprint density at radius 2 is 2.00 bits per heavy atom. The minimum absolute atomic E-state index is 0.00398. The van der Waals surface area contributed by atoms with Gasteiger partial charge in [-0.15, -0.1) is 11.3 Å². The Morgan fingerprint density at radius 3 is 2.64 bits per heavy atom. The van der Waals surface area contributed by atoms with Crippen LogP contribution in [-0.2, 0) is 11.3 Å². The van der Waals surface area contributed by atoms with Crippen molar-refractivity contribution in [2.45, 2.75) is 20.1 Å². The van der Waals surface area contributed by atoms with Crippen LogP contribution < -0.4 is 10.1 Å². The molecule has 5 nitrogen and oxygen atoms in total. The van der Waals surface area contributed by atoms with E-state index in [1.54, 1.807) is 13.0 Å². The summed E-state index contributed by atoms with van der Waals surface area (Å²) in [7, 11) is 0. The van der Waals surface area contributed by atoms with Crippen LogP contribution in [-0.4, -0.2) is 36.4 Å². The van der Waals surface area contributed by atoms with E-state index in [0.717, 1.165) is 4.88 Å². The van der Waals surface area contributed by atoms with Gasteiger partial charge in [-0.2, -0.15) is 8.78 Å². The number of hydrogen-bond acceptors (Lipinski definition) is 4. The average Bonchev–Trinajstić information content (AvgIpc) is 3.11. The number of ether oxygens (including phenoxy) is 1. The van der Waals surface area contributed by atoms with E-state index in [0.29, 0.717) is 6.54 Å². The van der Waals surface area contributed by atoms with Crippen LogP contribution >= 0.6 is 11.3 Å². The molecule has 0 radical (unpaired) electrons. The molecule has 0 spiro atoms. The largest absolute Gasteiger partial charge is 0.434 e. The molecule has 0 aliphatic rings. The predicted molar refractivity (Wildman–Crippen MR) is 90.8 cm³/mol. The molecule has 0 fully saturated rings. The molecule has 1 aromatic carbocycles. The van der Waals surface area contributed by atoms with Gasteiger partial charge in [0.15, 0.2) is 0 Å². The lowest BCUT2D eigenvalue weighted by molar-refractivity contribution is -0.121. The maximum atomic E-state index is 12.6. The molecule has 0 saturated carbocycles. The molecule has 2 rings (SSSR count). The standard InChI is InChI=1S/C17H18F2N2O3S/c1-2-21(11-15(22)20-10-12-6-5-9-25-12)16(23)13-7-3-4-8-14(13)24-17(18)19/h3-9,17H,2,10-11H2,1H3,(H,20,22). The molecule has 1 N–H and O–H groups in total. The van der Waals surface area contributed by atoms with Crippen molar-refractivity contribution in [3.8, 4) is 5.75 Å². The third-order valence-corrected chi connectivity index (χ3v) is 4.25. The molecular weight excluding hydrogens is 350 g/mol. The Labute approximate surface area is 148 Å². The third-order valence-electron chi connectivity index (χ3n) is 3.38. The second-order valence-electron chi connectivity index (χ2n) is 5.05. The number of benzene rings is 1. The minimum Gasteiger partial charge on any atom is -0.434 e. The van der Waals surface area contributed by atoms with Crippen molar-refractivity contribution in [1.29, 1.82) is 0 Å². The minimum atomic E-state index is -3.03. The number of likely N-dealkylation sites (N-methyl/N-ethyl adjacent to an activating group) is 1. The summed E-state index contributed by atoms with van der Waals surface area (Å²) in [6.45, 7) is -0.843. The SMILES string of the molecule is CCN(CC(=O)NCc1cccs1)C(=O)c1ccccc1OC(F)F. The van der Waals surface area contributed by atoms with Crippen LogP contribution in [0.1, 0.15) is 22.2 Å². The normalized spacial score (nSPS) is 10.6. The van der Waals surface area contributed by atoms with Crippen molar-refractivity contribution in [2.24, 2.45) is 0 Å². The first kappa shape index (κ1) is 18.9. The summed E-state index contributed by atoms with van der Waals surface area (Å²) in [5.74, 6) is -1.07. The highest BCUT2D eigenvalue weighted by Gasteiger charge is 2.21. The fourth-order valence-corrected chi connectivity index (χ4v) is 2.81. The number of carbonyl (C=O) groups excluding carboxylic acids is 2. The topological polar surface area (TPSA) is 58.6 Å². The number of nitrogens with one attached hydrogen (secondary N) is 1. The van der Waals surface area contributed by atoms with Gasteiger partial charge >= 0.3 is 6.61 Å². The van der Waals surface area contributed by atoms with Gasteiger partial charge in [0, 0.05) is 11.4 Å². The molecule has 0 bridgehead atoms. The van der Waals surface area contributed by atoms with Crippen molar-refractivity contribution in [3.05, 3.63) is 52.2 Å². The molecule has 2 amide bonds. The van der Waals surface area contributed by atoms with Gasteiger partial charge < -0.3 is 15.0 Å². The summed E-state index contributed by atoms with van der Waals surface area (Å²) in [5, 5.41) is 4.64. The lowest BCUT2D eigenvalue weighted by Gasteiger charge is -2.21. The number of para-hydroxylation sites is 1. The van der Waals surface area contributed by atoms with Crippen LogP contribution in [0.2, 0.25) is 0 Å². The number of amides is 2. The maximum absolute atomic E-state index is 12.6. The van der Waals surface area contributed by atoms with E-state index in [-0.39, 0.29) is 30.3 Å². The highest BCUT2D eigenvalue weighted by Crippen LogP contribution is 2.21. The average molecular weight is 368 g/mol. The molecule has 0 aliphatic carbocycles. The van der Waals surface area contributed by atoms with E-state index in [1.165, 1.54) is 34.4 Å². The molecular formula is C17H18F2N2O3S. The molecule has 0 aliphatic heterocycles. The zero-order chi connectivity index (χ0) is 18.2. The van der Waals surface area contributed by atoms with Gasteiger partial charge in [-0.05, 0) is 30.5 Å². The predicted octanol–water partition coefficient (Wildman–Crippen LogP) is 3.13. The van der Waals surface area contributed by atoms with Crippen LogP contribution in [0.4, 0.5) is 8.78 Å². The summed E-state index contributed by atoms with van der Waals surface area (Å²) in [6.07, 6.45) is 0. The molecule has 0 saturated heterocycles. The first-order valence-corrected chi connectivity index (χ1v) is 8.51. The fourth-order valence-electron chi connectivity index (χ4n) is 2.17. The number of carbonyl (C=O) groups is 2. The fraction of sp³-hybridized carbons (Fsp3) is 0.294. The molecule has 8 heteroatoms. The number of hydrogen-bond donors (Lipinski definition) is 1. The molecule has 2 aromatic rings. The van der Waals surface area contributed by atoms with Gasteiger partial charge in [-0.1, -0.05) is 18.2 Å². The number of halogens is 2. The summed E-state index contributed by atoms with van der Waals surface area (Å²) in [6, 6.07) is 9.52. The third kappa shape index (κ3) is 5.53. The zero-order valence-electron chi connectivity index (χ0n) is 13.6. The molecule has 0 atom stereocenters. The first-order valence-electron chi connectivity index (χ1n) is 7.63. The second kappa shape index (κ2) is 9.12. The maximum Gasteiger partial charge on any atom is 0.387 e. The van der Waals surface area contributed by atoms with Crippen molar-refractivity contribution in [3.63, 3.8) is 0 Å². The van der Waals surface area contributed by atoms with E-state index in [9.17, 15) is 18.4 Å². The highest BCUT2D eigenvalue weighted by atomic mass is 32.1. The van der Waals surface area contributed by atoms with Crippen molar-refractivity contribution in [1.82, 2.24) is 10.2 Å². The van der Waals surface area contributed by atoms with Crippen molar-refractivity contribution < 1.29 is 23.1 Å². The van der Waals surface area contributed by atoms with Gasteiger partial charge in [0.05, 0.1) is 18.7 Å². The van der Waals surface area contributed by atoms with Crippen LogP contribution in [0.25, 0.3) is 0 Å². The zero-order valence-corrected chi connectivity index (χ0v) is 14.4. The smallest absolute Gasteiger partial charge is 0.387 e. The van der Waals surface area contributed by atoms with Gasteiger partial charge in [-0.25, -0.2) is 0 Å². The first-order chi connectivity index (χ1) is 12.0. The van der Waals surface area contributed by atoms with Gasteiger partial charge in [0.2, 0.25) is 5.91 Å². The Morgan fingerprint density at radius 1 is 1.24 bits per heavy atom. The van der Waals surface area contributed by atoms with E-state index >= 15 is 0 Å². The number of nitrogens with zero attached hydrogens (tertiary/aromatic N) is 1. The molecule has 1 heterocycles. The quantitative estimate of drug-likeness (QED) is 0.779.